The quantitative estimate of drug-likeness (QED) is 0.754. The van der Waals surface area contributed by atoms with Crippen LogP contribution in [-0.2, 0) is 12.6 Å². The van der Waals surface area contributed by atoms with Crippen molar-refractivity contribution >= 4 is 17.2 Å². The van der Waals surface area contributed by atoms with Gasteiger partial charge in [-0.1, -0.05) is 35.9 Å². The summed E-state index contributed by atoms with van der Waals surface area (Å²) in [7, 11) is 0. The fourth-order valence-corrected chi connectivity index (χ4v) is 2.89. The van der Waals surface area contributed by atoms with Crippen molar-refractivity contribution in [1.82, 2.24) is 9.38 Å². The van der Waals surface area contributed by atoms with Gasteiger partial charge < -0.3 is 10.1 Å². The van der Waals surface area contributed by atoms with Crippen LogP contribution < -0.4 is 5.73 Å². The van der Waals surface area contributed by atoms with Crippen LogP contribution in [0.15, 0.2) is 36.5 Å². The molecule has 1 aromatic carbocycles. The average Bonchev–Trinajstić information content (AvgIpc) is 2.86. The minimum Gasteiger partial charge on any atom is -0.330 e. The third-order valence-electron chi connectivity index (χ3n) is 3.90. The Morgan fingerprint density at radius 2 is 1.88 bits per heavy atom. The maximum atomic E-state index is 13.0. The Bertz CT molecular complexity index is 883. The van der Waals surface area contributed by atoms with Crippen LogP contribution in [-0.4, -0.2) is 15.9 Å². The molecule has 0 amide bonds. The van der Waals surface area contributed by atoms with E-state index in [1.54, 1.807) is 6.92 Å². The Balaban J connectivity index is 2.13. The van der Waals surface area contributed by atoms with Crippen LogP contribution >= 0.6 is 11.6 Å². The zero-order chi connectivity index (χ0) is 17.5. The van der Waals surface area contributed by atoms with Gasteiger partial charge in [-0.3, -0.25) is 0 Å². The van der Waals surface area contributed by atoms with Crippen molar-refractivity contribution < 1.29 is 13.2 Å². The lowest BCUT2D eigenvalue weighted by atomic mass is 10.1. The van der Waals surface area contributed by atoms with Crippen molar-refractivity contribution in [2.75, 3.05) is 6.54 Å². The van der Waals surface area contributed by atoms with E-state index in [1.807, 2.05) is 24.3 Å². The number of benzene rings is 1. The molecule has 0 aliphatic heterocycles. The maximum absolute atomic E-state index is 13.0. The first-order valence-corrected chi connectivity index (χ1v) is 7.74. The van der Waals surface area contributed by atoms with Crippen LogP contribution in [0.4, 0.5) is 13.2 Å². The second kappa shape index (κ2) is 6.11. The molecule has 0 unspecified atom stereocenters. The monoisotopic (exact) mass is 353 g/mol. The summed E-state index contributed by atoms with van der Waals surface area (Å²) < 4.78 is 40.3. The van der Waals surface area contributed by atoms with E-state index in [0.717, 1.165) is 29.8 Å². The van der Waals surface area contributed by atoms with Crippen LogP contribution in [0.1, 0.15) is 16.8 Å². The van der Waals surface area contributed by atoms with Crippen molar-refractivity contribution in [3.05, 3.63) is 58.4 Å². The highest BCUT2D eigenvalue weighted by atomic mass is 35.5. The van der Waals surface area contributed by atoms with Gasteiger partial charge in [-0.25, -0.2) is 4.98 Å². The van der Waals surface area contributed by atoms with Crippen LogP contribution in [0.3, 0.4) is 0 Å². The molecule has 24 heavy (non-hydrogen) atoms. The third-order valence-corrected chi connectivity index (χ3v) is 4.18. The van der Waals surface area contributed by atoms with Gasteiger partial charge in [-0.2, -0.15) is 13.2 Å². The summed E-state index contributed by atoms with van der Waals surface area (Å²) >= 11 is 6.01. The minimum atomic E-state index is -4.46. The fourth-order valence-electron chi connectivity index (χ4n) is 2.64. The van der Waals surface area contributed by atoms with Crippen molar-refractivity contribution in [1.29, 1.82) is 0 Å². The molecule has 0 fully saturated rings. The molecule has 7 heteroatoms. The number of nitrogens with zero attached hydrogens (tertiary/aromatic N) is 2. The SMILES string of the molecule is Cc1c(-c2ccc(CCN)cc2)nc2c(Cl)cc(C(F)(F)F)cn12. The van der Waals surface area contributed by atoms with Crippen LogP contribution in [0.25, 0.3) is 16.9 Å². The lowest BCUT2D eigenvalue weighted by Crippen LogP contribution is -2.07. The Kier molecular flexibility index (Phi) is 4.27. The number of aromatic nitrogens is 2. The second-order valence-electron chi connectivity index (χ2n) is 5.55. The normalized spacial score (nSPS) is 12.1. The molecule has 3 nitrogen and oxygen atoms in total. The predicted octanol–water partition coefficient (Wildman–Crippen LogP) is 4.48. The van der Waals surface area contributed by atoms with E-state index in [4.69, 9.17) is 17.3 Å². The molecule has 3 aromatic rings. The van der Waals surface area contributed by atoms with Gasteiger partial charge in [-0.05, 0) is 31.5 Å². The van der Waals surface area contributed by atoms with Gasteiger partial charge in [-0.15, -0.1) is 0 Å². The Morgan fingerprint density at radius 3 is 2.46 bits per heavy atom. The van der Waals surface area contributed by atoms with Gasteiger partial charge in [0.05, 0.1) is 16.3 Å². The van der Waals surface area contributed by atoms with E-state index >= 15 is 0 Å². The van der Waals surface area contributed by atoms with Gasteiger partial charge in [0, 0.05) is 17.5 Å². The molecule has 0 aliphatic rings. The number of pyridine rings is 1. The fraction of sp³-hybridized carbons (Fsp3) is 0.235. The summed E-state index contributed by atoms with van der Waals surface area (Å²) in [6, 6.07) is 8.55. The number of rotatable bonds is 3. The zero-order valence-corrected chi connectivity index (χ0v) is 13.6. The molecule has 0 saturated carbocycles. The van der Waals surface area contributed by atoms with Gasteiger partial charge in [0.1, 0.15) is 0 Å². The van der Waals surface area contributed by atoms with Crippen LogP contribution in [0.5, 0.6) is 0 Å². The number of alkyl halides is 3. The lowest BCUT2D eigenvalue weighted by Gasteiger charge is -2.08. The summed E-state index contributed by atoms with van der Waals surface area (Å²) in [5, 5.41) is -0.0288. The molecule has 2 heterocycles. The number of nitrogens with two attached hydrogens (primary N) is 1. The molecule has 126 valence electrons. The highest BCUT2D eigenvalue weighted by Crippen LogP contribution is 2.34. The molecule has 0 atom stereocenters. The number of hydrogen-bond donors (Lipinski definition) is 1. The van der Waals surface area contributed by atoms with Gasteiger partial charge in [0.25, 0.3) is 0 Å². The Morgan fingerprint density at radius 1 is 1.21 bits per heavy atom. The molecular weight excluding hydrogens is 339 g/mol. The lowest BCUT2D eigenvalue weighted by molar-refractivity contribution is -0.137. The number of hydrogen-bond acceptors (Lipinski definition) is 2. The van der Waals surface area contributed by atoms with Gasteiger partial charge in [0.15, 0.2) is 5.65 Å². The van der Waals surface area contributed by atoms with Crippen LogP contribution in [0.2, 0.25) is 5.02 Å². The van der Waals surface area contributed by atoms with Gasteiger partial charge >= 0.3 is 6.18 Å². The minimum absolute atomic E-state index is 0.0288. The molecule has 0 saturated heterocycles. The smallest absolute Gasteiger partial charge is 0.330 e. The summed E-state index contributed by atoms with van der Waals surface area (Å²) in [6.07, 6.45) is -2.67. The molecule has 2 aromatic heterocycles. The Hall–Kier alpha value is -2.05. The van der Waals surface area contributed by atoms with Gasteiger partial charge in [0.2, 0.25) is 0 Å². The van der Waals surface area contributed by atoms with Crippen molar-refractivity contribution in [2.24, 2.45) is 5.73 Å². The topological polar surface area (TPSA) is 43.3 Å². The van der Waals surface area contributed by atoms with Crippen molar-refractivity contribution in [3.63, 3.8) is 0 Å². The highest BCUT2D eigenvalue weighted by Gasteiger charge is 2.32. The molecule has 0 bridgehead atoms. The molecular formula is C17H15ClF3N3. The summed E-state index contributed by atoms with van der Waals surface area (Å²) in [5.74, 6) is 0. The predicted molar refractivity (Wildman–Crippen MR) is 88.1 cm³/mol. The molecule has 0 spiro atoms. The van der Waals surface area contributed by atoms with E-state index in [0.29, 0.717) is 23.6 Å². The molecule has 3 rings (SSSR count). The largest absolute Gasteiger partial charge is 0.417 e. The van der Waals surface area contributed by atoms with E-state index in [1.165, 1.54) is 4.40 Å². The number of fused-ring (bicyclic) bond motifs is 1. The summed E-state index contributed by atoms with van der Waals surface area (Å²) in [6.45, 7) is 2.28. The molecule has 0 radical (unpaired) electrons. The summed E-state index contributed by atoms with van der Waals surface area (Å²) in [5.41, 5.74) is 8.16. The van der Waals surface area contributed by atoms with E-state index in [9.17, 15) is 13.2 Å². The zero-order valence-electron chi connectivity index (χ0n) is 12.9. The van der Waals surface area contributed by atoms with E-state index in [-0.39, 0.29) is 5.02 Å². The van der Waals surface area contributed by atoms with Crippen LogP contribution in [0, 0.1) is 6.92 Å². The highest BCUT2D eigenvalue weighted by molar-refractivity contribution is 6.33. The van der Waals surface area contributed by atoms with E-state index in [2.05, 4.69) is 4.98 Å². The number of imidazole rings is 1. The maximum Gasteiger partial charge on any atom is 0.417 e. The second-order valence-corrected chi connectivity index (χ2v) is 5.96. The molecule has 2 N–H and O–H groups in total. The summed E-state index contributed by atoms with van der Waals surface area (Å²) in [4.78, 5) is 4.42. The Labute approximate surface area is 141 Å². The van der Waals surface area contributed by atoms with Crippen molar-refractivity contribution in [2.45, 2.75) is 19.5 Å². The van der Waals surface area contributed by atoms with E-state index < -0.39 is 11.7 Å². The first-order chi connectivity index (χ1) is 11.3. The number of halogens is 4. The third kappa shape index (κ3) is 2.99. The number of aryl methyl sites for hydroxylation is 1. The molecule has 0 aliphatic carbocycles. The average molecular weight is 354 g/mol. The first kappa shape index (κ1) is 16.8. The first-order valence-electron chi connectivity index (χ1n) is 7.36. The standard InChI is InChI=1S/C17H15ClF3N3/c1-10-15(12-4-2-11(3-5-12)6-7-22)23-16-14(18)8-13(9-24(10)16)17(19,20)21/h2-5,8-9H,6-7,22H2,1H3. The van der Waals surface area contributed by atoms with Crippen molar-refractivity contribution in [3.8, 4) is 11.3 Å².